The van der Waals surface area contributed by atoms with E-state index in [0.29, 0.717) is 0 Å². The summed E-state index contributed by atoms with van der Waals surface area (Å²) in [6.45, 7) is -4.82. The van der Waals surface area contributed by atoms with Crippen molar-refractivity contribution in [2.24, 2.45) is 11.8 Å². The molecular formula is C83H138N4O58. The van der Waals surface area contributed by atoms with E-state index in [1.165, 1.54) is 20.8 Å². The van der Waals surface area contributed by atoms with Crippen LogP contribution in [0.2, 0.25) is 0 Å². The number of amides is 4. The fraction of sp³-hybridized carbons (Fsp3) is 0.928. The molecule has 0 aliphatic carbocycles. The van der Waals surface area contributed by atoms with Crippen molar-refractivity contribution in [2.75, 3.05) is 72.7 Å². The van der Waals surface area contributed by atoms with Crippen LogP contribution in [-0.2, 0) is 138 Å². The van der Waals surface area contributed by atoms with E-state index in [-0.39, 0.29) is 12.9 Å². The summed E-state index contributed by atoms with van der Waals surface area (Å²) in [5.74, 6) is -11.3. The van der Waals surface area contributed by atoms with Crippen LogP contribution in [0.4, 0.5) is 0 Å². The summed E-state index contributed by atoms with van der Waals surface area (Å²) >= 11 is 0. The van der Waals surface area contributed by atoms with Gasteiger partial charge in [0.25, 0.3) is 12.9 Å². The van der Waals surface area contributed by atoms with E-state index in [1.807, 2.05) is 0 Å². The Bertz CT molecular complexity index is 4030. The summed E-state index contributed by atoms with van der Waals surface area (Å²) in [7, 11) is 0. The molecule has 11 aliphatic heterocycles. The van der Waals surface area contributed by atoms with Crippen LogP contribution in [0.5, 0.6) is 0 Å². The van der Waals surface area contributed by atoms with Crippen LogP contribution in [0.1, 0.15) is 67.7 Å². The third kappa shape index (κ3) is 27.2. The molecule has 0 saturated carbocycles. The van der Waals surface area contributed by atoms with Crippen LogP contribution in [0.15, 0.2) is 0 Å². The molecule has 838 valence electrons. The van der Waals surface area contributed by atoms with Crippen molar-refractivity contribution in [3.05, 3.63) is 0 Å². The molecule has 0 bridgehead atoms. The average Bonchev–Trinajstić information content (AvgIpc) is 0.760. The molecule has 0 spiro atoms. The van der Waals surface area contributed by atoms with Crippen LogP contribution < -0.4 is 21.3 Å². The highest BCUT2D eigenvalue weighted by Crippen LogP contribution is 2.45. The summed E-state index contributed by atoms with van der Waals surface area (Å²) in [6, 6.07) is -7.31. The van der Waals surface area contributed by atoms with Gasteiger partial charge in [0.1, 0.15) is 226 Å². The summed E-state index contributed by atoms with van der Waals surface area (Å²) in [5.41, 5.74) is 0. The SMILES string of the molecule is CC(=O)NC1C(O)[C@H](O[C@@H]2OC(CO)[C@H](O)[C@H](O[C@]3(OC=O)C[C@@H](O)[C@@H](C)C([C@H](O)[C@H](O)CO)O3)C2O)[C@H](CO)O[C@H]1OC1[C@@H](OCC2O[C@@H](O[C@@H]3C(CO)O[C@@H](O[C@@H]4C(CO)O[C@@H](C)C(NC(C)=O)[C@H]4O)C(NC(C)=O)[C@H]3O)C(O)[C@@H](O[C@H]3OC(CO)[C@@H](O)C(O)C3O[C@@H]3OC(CO)[C@@H](O[C@@H]4OC(CO[C@]5(OC=O)C[C@@H](O)[C@@H](C)C([C@H](O)[C@H](O)CO)O5)[C@H](O)CC4O)[C@H](O)C3NC(C)=O)[C@@H]2O)OC(CO)[C@@H](O)[C@@H]1O. The highest BCUT2D eigenvalue weighted by atomic mass is 16.9. The van der Waals surface area contributed by atoms with Crippen molar-refractivity contribution in [1.82, 2.24) is 21.3 Å². The van der Waals surface area contributed by atoms with Crippen molar-refractivity contribution < 1.29 is 286 Å². The molecule has 21 unspecified atom stereocenters. The number of rotatable bonds is 43. The predicted molar refractivity (Wildman–Crippen MR) is 451 cm³/mol. The largest absolute Gasteiger partial charge is 0.410 e. The van der Waals surface area contributed by atoms with E-state index >= 15 is 0 Å². The lowest BCUT2D eigenvalue weighted by Gasteiger charge is -2.51. The van der Waals surface area contributed by atoms with E-state index in [4.69, 9.17) is 109 Å². The van der Waals surface area contributed by atoms with Gasteiger partial charge in [0.05, 0.1) is 128 Å². The lowest BCUT2D eigenvalue weighted by molar-refractivity contribution is -0.448. The fourth-order valence-electron chi connectivity index (χ4n) is 19.2. The monoisotopic (exact) mass is 2120 g/mol. The Morgan fingerprint density at radius 3 is 1.08 bits per heavy atom. The number of aliphatic hydroxyl groups is 29. The summed E-state index contributed by atoms with van der Waals surface area (Å²) < 4.78 is 137. The number of carbonyl (C=O) groups is 6. The smallest absolute Gasteiger partial charge is 0.332 e. The van der Waals surface area contributed by atoms with Crippen LogP contribution >= 0.6 is 0 Å². The van der Waals surface area contributed by atoms with Gasteiger partial charge in [0.15, 0.2) is 50.3 Å². The molecule has 11 saturated heterocycles. The Balaban J connectivity index is 0.892. The van der Waals surface area contributed by atoms with Crippen molar-refractivity contribution in [3.63, 3.8) is 0 Å². The predicted octanol–water partition coefficient (Wildman–Crippen LogP) is -21.3. The van der Waals surface area contributed by atoms with Gasteiger partial charge >= 0.3 is 11.9 Å². The third-order valence-electron chi connectivity index (χ3n) is 27.2. The summed E-state index contributed by atoms with van der Waals surface area (Å²) in [4.78, 5) is 76.3. The highest BCUT2D eigenvalue weighted by molar-refractivity contribution is 5.74. The van der Waals surface area contributed by atoms with Crippen molar-refractivity contribution in [2.45, 2.75) is 398 Å². The molecule has 11 aliphatic rings. The van der Waals surface area contributed by atoms with Gasteiger partial charge in [-0.15, -0.1) is 0 Å². The molecular weight excluding hydrogens is 1980 g/mol. The minimum Gasteiger partial charge on any atom is -0.410 e. The molecule has 0 aromatic heterocycles. The maximum atomic E-state index is 13.3. The Morgan fingerprint density at radius 1 is 0.324 bits per heavy atom. The first-order valence-corrected chi connectivity index (χ1v) is 46.8. The molecule has 56 atom stereocenters. The van der Waals surface area contributed by atoms with Gasteiger partial charge < -0.3 is 278 Å². The molecule has 0 aromatic rings. The molecule has 11 heterocycles. The number of hydrogen-bond acceptors (Lipinski definition) is 58. The average molecular weight is 2120 g/mol. The van der Waals surface area contributed by atoms with Crippen LogP contribution in [0, 0.1) is 11.8 Å². The maximum absolute atomic E-state index is 13.3. The van der Waals surface area contributed by atoms with Crippen molar-refractivity contribution in [1.29, 1.82) is 0 Å². The zero-order valence-electron chi connectivity index (χ0n) is 79.0. The van der Waals surface area contributed by atoms with Gasteiger partial charge in [-0.3, -0.25) is 28.8 Å². The number of nitrogens with one attached hydrogen (secondary N) is 4. The van der Waals surface area contributed by atoms with Crippen molar-refractivity contribution in [3.8, 4) is 0 Å². The maximum Gasteiger partial charge on any atom is 0.332 e. The molecule has 4 amide bonds. The standard InChI is InChI=1S/C83H138N4O58/c1-24-33(105)9-82(125-22-97,143-64(24)50(109)35(107)11-88)124-21-44-31(103)8-32(104)74(134-44)136-67-41(17-94)132-77(48(57(67)116)86-29(6)101)142-73-61(120)53(112)38(14-91)130-81(73)140-70-55(114)45(135-78(62(70)121)138-68-42(18-95)131-75(47(58(68)117)85-28(5)100)137-66-40(16-93)127-26(3)46(56(66)115)84-27(4)99)20-123-80-72(60(119)52(111)37(13-90)129-80)141-76-49(87-30(7)102)59(118)69(43(19-96)133-76)139-79-63(122)71(54(113)39(15-92)128-79)145-83(126-23-98)10-34(106)25(2)65(144-83)51(110)36(108)12-89/h22-26,31-81,88-96,103-122H,8-21H2,1-7H3,(H,84,99)(H,85,100)(H,86,101)(H,87,102)/t24-,25-,26+,31-,32?,33-,34-,35-,36-,37?,38?,39?,40?,41?,42?,43+,44?,45?,46?,47?,48?,49?,50-,51-,52-,53-,54+,55-,56-,57-,58-,59?,60+,61?,62?,63?,64?,65?,66-,67-,68-,69-,70+,71+,72?,73?,74+,75+,76+,77+,78+,79+,80+,81-,82+,83+/m1/s1. The number of carbonyl (C=O) groups excluding carboxylic acids is 6. The minimum atomic E-state index is -2.90. The molecule has 11 rings (SSSR count). The van der Waals surface area contributed by atoms with Gasteiger partial charge in [-0.2, -0.15) is 0 Å². The Hall–Kier alpha value is -5.18. The number of aliphatic hydroxyl groups excluding tert-OH is 29. The second kappa shape index (κ2) is 52.6. The third-order valence-corrected chi connectivity index (χ3v) is 27.2. The molecule has 11 fully saturated rings. The van der Waals surface area contributed by atoms with Gasteiger partial charge in [0, 0.05) is 46.0 Å². The number of ether oxygens (including phenoxy) is 23. The van der Waals surface area contributed by atoms with Gasteiger partial charge in [0.2, 0.25) is 23.6 Å². The minimum absolute atomic E-state index is 0.160. The first-order valence-electron chi connectivity index (χ1n) is 46.8. The fourth-order valence-corrected chi connectivity index (χ4v) is 19.2. The van der Waals surface area contributed by atoms with E-state index in [0.717, 1.165) is 27.7 Å². The van der Waals surface area contributed by atoms with E-state index in [1.54, 1.807) is 0 Å². The molecule has 0 aromatic carbocycles. The van der Waals surface area contributed by atoms with Crippen molar-refractivity contribution >= 4 is 36.6 Å². The van der Waals surface area contributed by atoms with Gasteiger partial charge in [-0.05, 0) is 6.92 Å². The molecule has 33 N–H and O–H groups in total. The first kappa shape index (κ1) is 120. The highest BCUT2D eigenvalue weighted by Gasteiger charge is 2.64. The summed E-state index contributed by atoms with van der Waals surface area (Å²) in [5, 5.41) is 338. The van der Waals surface area contributed by atoms with E-state index < -0.39 is 458 Å². The van der Waals surface area contributed by atoms with Gasteiger partial charge in [-0.25, -0.2) is 0 Å². The topological polar surface area (TPSA) is 950 Å². The zero-order chi connectivity index (χ0) is 107. The normalized spacial score (nSPS) is 47.2. The van der Waals surface area contributed by atoms with Crippen LogP contribution in [-0.4, -0.2) is 588 Å². The molecule has 0 radical (unpaired) electrons. The zero-order valence-corrected chi connectivity index (χ0v) is 79.0. The molecule has 62 nitrogen and oxygen atoms in total. The lowest BCUT2D eigenvalue weighted by Crippen LogP contribution is -2.71. The van der Waals surface area contributed by atoms with Crippen LogP contribution in [0.3, 0.4) is 0 Å². The first-order chi connectivity index (χ1) is 68.6. The molecule has 62 heteroatoms. The molecule has 145 heavy (non-hydrogen) atoms. The second-order valence-corrected chi connectivity index (χ2v) is 37.3. The Kier molecular flexibility index (Phi) is 43.6. The van der Waals surface area contributed by atoms with E-state index in [2.05, 4.69) is 21.3 Å². The Labute approximate surface area is 823 Å². The van der Waals surface area contributed by atoms with E-state index in [9.17, 15) is 177 Å². The summed E-state index contributed by atoms with van der Waals surface area (Å²) in [6.07, 6.45) is -102. The van der Waals surface area contributed by atoms with Crippen LogP contribution in [0.25, 0.3) is 0 Å². The number of hydrogen-bond donors (Lipinski definition) is 33. The van der Waals surface area contributed by atoms with Gasteiger partial charge in [-0.1, -0.05) is 13.8 Å². The quantitative estimate of drug-likeness (QED) is 0.0199. The Morgan fingerprint density at radius 2 is 0.648 bits per heavy atom. The lowest BCUT2D eigenvalue weighted by atomic mass is 9.87. The second-order valence-electron chi connectivity index (χ2n) is 37.3.